The third-order valence-corrected chi connectivity index (χ3v) is 5.87. The van der Waals surface area contributed by atoms with Crippen molar-refractivity contribution in [3.05, 3.63) is 77.5 Å². The molecule has 0 saturated carbocycles. The smallest absolute Gasteiger partial charge is 0.261 e. The summed E-state index contributed by atoms with van der Waals surface area (Å²) < 4.78 is 43.0. The van der Waals surface area contributed by atoms with Crippen molar-refractivity contribution in [2.24, 2.45) is 0 Å². The normalized spacial score (nSPS) is 11.7. The number of rotatable bonds is 4. The molecule has 0 saturated heterocycles. The maximum Gasteiger partial charge on any atom is 0.261 e. The standard InChI is InChI=1S/C19H14ClFN4O2S/c1-12-3-4-13(18-11-25-8-2-7-22-19(25)23-18)9-17(12)24-28(26,27)14-5-6-16(21)15(20)10-14/h2-11,24H,1H3. The molecule has 0 spiro atoms. The summed E-state index contributed by atoms with van der Waals surface area (Å²) >= 11 is 5.71. The zero-order valence-corrected chi connectivity index (χ0v) is 16.2. The van der Waals surface area contributed by atoms with Gasteiger partial charge in [-0.05, 0) is 42.8 Å². The maximum atomic E-state index is 13.3. The molecule has 2 heterocycles. The lowest BCUT2D eigenvalue weighted by molar-refractivity contribution is 0.599. The number of aryl methyl sites for hydroxylation is 1. The molecular formula is C19H14ClFN4O2S. The summed E-state index contributed by atoms with van der Waals surface area (Å²) in [5.41, 5.74) is 2.50. The number of hydrogen-bond acceptors (Lipinski definition) is 4. The summed E-state index contributed by atoms with van der Waals surface area (Å²) in [4.78, 5) is 8.50. The molecule has 9 heteroatoms. The van der Waals surface area contributed by atoms with Gasteiger partial charge in [0, 0.05) is 24.2 Å². The summed E-state index contributed by atoms with van der Waals surface area (Å²) in [6, 6.07) is 10.4. The summed E-state index contributed by atoms with van der Waals surface area (Å²) in [5.74, 6) is -0.139. The third-order valence-electron chi connectivity index (χ3n) is 4.21. The minimum absolute atomic E-state index is 0.124. The number of halogens is 2. The van der Waals surface area contributed by atoms with Crippen LogP contribution < -0.4 is 4.72 Å². The Bertz CT molecular complexity index is 1270. The molecule has 0 atom stereocenters. The predicted molar refractivity (Wildman–Crippen MR) is 105 cm³/mol. The molecule has 0 aliphatic carbocycles. The SMILES string of the molecule is Cc1ccc(-c2cn3cccnc3n2)cc1NS(=O)(=O)c1ccc(F)c(Cl)c1. The molecule has 0 fully saturated rings. The topological polar surface area (TPSA) is 76.4 Å². The molecule has 0 aliphatic rings. The van der Waals surface area contributed by atoms with Gasteiger partial charge in [0.25, 0.3) is 10.0 Å². The number of benzene rings is 2. The van der Waals surface area contributed by atoms with E-state index in [0.717, 1.165) is 29.3 Å². The molecule has 142 valence electrons. The van der Waals surface area contributed by atoms with Crippen LogP contribution in [0.5, 0.6) is 0 Å². The van der Waals surface area contributed by atoms with Gasteiger partial charge in [-0.15, -0.1) is 0 Å². The van der Waals surface area contributed by atoms with Crippen LogP contribution >= 0.6 is 11.6 Å². The molecule has 4 rings (SSSR count). The number of fused-ring (bicyclic) bond motifs is 1. The van der Waals surface area contributed by atoms with Gasteiger partial charge in [-0.25, -0.2) is 22.8 Å². The van der Waals surface area contributed by atoms with Gasteiger partial charge in [0.15, 0.2) is 0 Å². The van der Waals surface area contributed by atoms with Crippen LogP contribution in [0.4, 0.5) is 10.1 Å². The van der Waals surface area contributed by atoms with Gasteiger partial charge in [0.2, 0.25) is 5.78 Å². The van der Waals surface area contributed by atoms with Crippen LogP contribution in [0, 0.1) is 12.7 Å². The zero-order chi connectivity index (χ0) is 19.9. The second-order valence-corrected chi connectivity index (χ2v) is 8.25. The van der Waals surface area contributed by atoms with Gasteiger partial charge in [-0.1, -0.05) is 23.7 Å². The van der Waals surface area contributed by atoms with Gasteiger partial charge >= 0.3 is 0 Å². The molecular weight excluding hydrogens is 403 g/mol. The molecule has 28 heavy (non-hydrogen) atoms. The largest absolute Gasteiger partial charge is 0.291 e. The Hall–Kier alpha value is -2.97. The van der Waals surface area contributed by atoms with Crippen molar-refractivity contribution < 1.29 is 12.8 Å². The molecule has 0 unspecified atom stereocenters. The molecule has 0 amide bonds. The van der Waals surface area contributed by atoms with Crippen LogP contribution in [0.25, 0.3) is 17.0 Å². The van der Waals surface area contributed by atoms with Crippen molar-refractivity contribution in [3.8, 4) is 11.3 Å². The fourth-order valence-corrected chi connectivity index (χ4v) is 4.10. The van der Waals surface area contributed by atoms with E-state index in [1.807, 2.05) is 18.5 Å². The highest BCUT2D eigenvalue weighted by atomic mass is 35.5. The van der Waals surface area contributed by atoms with Crippen molar-refractivity contribution in [2.45, 2.75) is 11.8 Å². The lowest BCUT2D eigenvalue weighted by Crippen LogP contribution is -2.14. The Morgan fingerprint density at radius 2 is 2.00 bits per heavy atom. The Morgan fingerprint density at radius 3 is 2.75 bits per heavy atom. The molecule has 0 bridgehead atoms. The van der Waals surface area contributed by atoms with Crippen LogP contribution in [-0.2, 0) is 10.0 Å². The van der Waals surface area contributed by atoms with Crippen LogP contribution in [0.3, 0.4) is 0 Å². The van der Waals surface area contributed by atoms with Gasteiger partial charge in [-0.3, -0.25) is 9.12 Å². The molecule has 0 radical (unpaired) electrons. The molecule has 6 nitrogen and oxygen atoms in total. The Labute approximate surface area is 165 Å². The first-order valence-corrected chi connectivity index (χ1v) is 10.1. The second kappa shape index (κ2) is 6.88. The van der Waals surface area contributed by atoms with Crippen molar-refractivity contribution in [3.63, 3.8) is 0 Å². The number of nitrogens with one attached hydrogen (secondary N) is 1. The van der Waals surface area contributed by atoms with E-state index in [2.05, 4.69) is 14.7 Å². The monoisotopic (exact) mass is 416 g/mol. The fourth-order valence-electron chi connectivity index (χ4n) is 2.71. The van der Waals surface area contributed by atoms with Crippen molar-refractivity contribution >= 4 is 33.1 Å². The number of imidazole rings is 1. The maximum absolute atomic E-state index is 13.3. The van der Waals surface area contributed by atoms with E-state index >= 15 is 0 Å². The van der Waals surface area contributed by atoms with E-state index < -0.39 is 15.8 Å². The minimum Gasteiger partial charge on any atom is -0.291 e. The lowest BCUT2D eigenvalue weighted by atomic mass is 10.1. The first kappa shape index (κ1) is 18.4. The van der Waals surface area contributed by atoms with Gasteiger partial charge in [-0.2, -0.15) is 0 Å². The van der Waals surface area contributed by atoms with E-state index in [0.29, 0.717) is 17.2 Å². The van der Waals surface area contributed by atoms with E-state index in [-0.39, 0.29) is 9.92 Å². The summed E-state index contributed by atoms with van der Waals surface area (Å²) in [5, 5.41) is -0.259. The molecule has 2 aromatic carbocycles. The summed E-state index contributed by atoms with van der Waals surface area (Å²) in [6.45, 7) is 1.78. The predicted octanol–water partition coefficient (Wildman–Crippen LogP) is 4.30. The van der Waals surface area contributed by atoms with Gasteiger partial charge in [0.1, 0.15) is 5.82 Å². The molecule has 0 aliphatic heterocycles. The lowest BCUT2D eigenvalue weighted by Gasteiger charge is -2.12. The first-order chi connectivity index (χ1) is 13.3. The quantitative estimate of drug-likeness (QED) is 0.538. The van der Waals surface area contributed by atoms with E-state index in [1.165, 1.54) is 0 Å². The second-order valence-electron chi connectivity index (χ2n) is 6.16. The molecule has 1 N–H and O–H groups in total. The summed E-state index contributed by atoms with van der Waals surface area (Å²) in [6.07, 6.45) is 5.29. The van der Waals surface area contributed by atoms with Gasteiger partial charge in [0.05, 0.1) is 21.3 Å². The highest BCUT2D eigenvalue weighted by molar-refractivity contribution is 7.92. The highest BCUT2D eigenvalue weighted by Crippen LogP contribution is 2.28. The number of anilines is 1. The van der Waals surface area contributed by atoms with Crippen LogP contribution in [0.1, 0.15) is 5.56 Å². The van der Waals surface area contributed by atoms with Crippen molar-refractivity contribution in [1.82, 2.24) is 14.4 Å². The number of sulfonamides is 1. The number of aromatic nitrogens is 3. The average Bonchev–Trinajstić information content (AvgIpc) is 3.09. The van der Waals surface area contributed by atoms with E-state index in [1.54, 1.807) is 35.7 Å². The van der Waals surface area contributed by atoms with Crippen molar-refractivity contribution in [2.75, 3.05) is 4.72 Å². The van der Waals surface area contributed by atoms with Gasteiger partial charge < -0.3 is 0 Å². The average molecular weight is 417 g/mol. The Balaban J connectivity index is 1.71. The van der Waals surface area contributed by atoms with Crippen LogP contribution in [-0.4, -0.2) is 22.8 Å². The number of nitrogens with zero attached hydrogens (tertiary/aromatic N) is 3. The Morgan fingerprint density at radius 1 is 1.18 bits per heavy atom. The first-order valence-electron chi connectivity index (χ1n) is 8.22. The molecule has 2 aromatic heterocycles. The van der Waals surface area contributed by atoms with Crippen LogP contribution in [0.15, 0.2) is 66.0 Å². The van der Waals surface area contributed by atoms with Crippen LogP contribution in [0.2, 0.25) is 5.02 Å². The fraction of sp³-hybridized carbons (Fsp3) is 0.0526. The third kappa shape index (κ3) is 3.44. The number of hydrogen-bond donors (Lipinski definition) is 1. The minimum atomic E-state index is -3.94. The summed E-state index contributed by atoms with van der Waals surface area (Å²) in [7, 11) is -3.94. The highest BCUT2D eigenvalue weighted by Gasteiger charge is 2.18. The van der Waals surface area contributed by atoms with E-state index in [4.69, 9.17) is 11.6 Å². The van der Waals surface area contributed by atoms with Crippen molar-refractivity contribution in [1.29, 1.82) is 0 Å². The Kier molecular flexibility index (Phi) is 4.52. The zero-order valence-electron chi connectivity index (χ0n) is 14.6. The van der Waals surface area contributed by atoms with E-state index in [9.17, 15) is 12.8 Å². The molecule has 4 aromatic rings.